The molecule has 1 saturated heterocycles. The Kier molecular flexibility index (Phi) is 4.62. The van der Waals surface area contributed by atoms with Crippen molar-refractivity contribution in [2.45, 2.75) is 12.5 Å². The van der Waals surface area contributed by atoms with Crippen molar-refractivity contribution in [2.24, 2.45) is 0 Å². The molecular formula is C16H11BrCl2N2O2. The van der Waals surface area contributed by atoms with Crippen molar-refractivity contribution in [2.75, 3.05) is 10.2 Å². The summed E-state index contributed by atoms with van der Waals surface area (Å²) >= 11 is 15.4. The predicted octanol–water partition coefficient (Wildman–Crippen LogP) is 4.50. The first-order chi connectivity index (χ1) is 11.0. The summed E-state index contributed by atoms with van der Waals surface area (Å²) < 4.78 is 0.876. The van der Waals surface area contributed by atoms with E-state index in [4.69, 9.17) is 23.2 Å². The summed E-state index contributed by atoms with van der Waals surface area (Å²) in [7, 11) is 0. The minimum atomic E-state index is -0.665. The lowest BCUT2D eigenvalue weighted by molar-refractivity contribution is -0.121. The first-order valence-corrected chi connectivity index (χ1v) is 8.35. The zero-order chi connectivity index (χ0) is 16.6. The third-order valence-corrected chi connectivity index (χ3v) is 4.86. The van der Waals surface area contributed by atoms with Crippen molar-refractivity contribution in [3.8, 4) is 0 Å². The van der Waals surface area contributed by atoms with Gasteiger partial charge in [-0.25, -0.2) is 4.90 Å². The normalized spacial score (nSPS) is 17.7. The SMILES string of the molecule is O=C1CC(Nc2cccc(Cl)c2Cl)C(=O)N1c1ccc(Br)cc1. The van der Waals surface area contributed by atoms with Gasteiger partial charge in [-0.1, -0.05) is 45.2 Å². The minimum Gasteiger partial charge on any atom is -0.372 e. The molecule has 2 amide bonds. The van der Waals surface area contributed by atoms with Crippen LogP contribution in [0.2, 0.25) is 10.0 Å². The molecule has 1 aliphatic heterocycles. The van der Waals surface area contributed by atoms with E-state index in [2.05, 4.69) is 21.2 Å². The van der Waals surface area contributed by atoms with Crippen molar-refractivity contribution in [3.05, 3.63) is 57.0 Å². The van der Waals surface area contributed by atoms with Gasteiger partial charge in [0.15, 0.2) is 0 Å². The first-order valence-electron chi connectivity index (χ1n) is 6.80. The molecule has 0 aliphatic carbocycles. The van der Waals surface area contributed by atoms with Crippen LogP contribution in [-0.4, -0.2) is 17.9 Å². The van der Waals surface area contributed by atoms with E-state index in [1.54, 1.807) is 42.5 Å². The molecule has 1 atom stereocenters. The number of halogens is 3. The molecule has 0 saturated carbocycles. The Bertz CT molecular complexity index is 780. The molecular weight excluding hydrogens is 403 g/mol. The molecule has 0 aromatic heterocycles. The highest BCUT2D eigenvalue weighted by Gasteiger charge is 2.39. The third-order valence-electron chi connectivity index (χ3n) is 3.51. The van der Waals surface area contributed by atoms with Gasteiger partial charge in [0, 0.05) is 4.47 Å². The number of rotatable bonds is 3. The van der Waals surface area contributed by atoms with Crippen molar-refractivity contribution in [3.63, 3.8) is 0 Å². The fraction of sp³-hybridized carbons (Fsp3) is 0.125. The van der Waals surface area contributed by atoms with E-state index in [-0.39, 0.29) is 18.2 Å². The summed E-state index contributed by atoms with van der Waals surface area (Å²) in [6.07, 6.45) is 0.0672. The van der Waals surface area contributed by atoms with E-state index in [9.17, 15) is 9.59 Å². The van der Waals surface area contributed by atoms with Crippen LogP contribution in [0.1, 0.15) is 6.42 Å². The topological polar surface area (TPSA) is 49.4 Å². The second kappa shape index (κ2) is 6.51. The standard InChI is InChI=1S/C16H11BrCl2N2O2/c17-9-4-6-10(7-5-9)21-14(22)8-13(16(21)23)20-12-3-1-2-11(18)15(12)19/h1-7,13,20H,8H2. The Morgan fingerprint density at radius 2 is 1.78 bits per heavy atom. The highest BCUT2D eigenvalue weighted by molar-refractivity contribution is 9.10. The van der Waals surface area contributed by atoms with Gasteiger partial charge in [-0.05, 0) is 36.4 Å². The predicted molar refractivity (Wildman–Crippen MR) is 95.1 cm³/mol. The Balaban J connectivity index is 1.84. The zero-order valence-electron chi connectivity index (χ0n) is 11.7. The number of carbonyl (C=O) groups excluding carboxylic acids is 2. The smallest absolute Gasteiger partial charge is 0.256 e. The average molecular weight is 414 g/mol. The molecule has 1 aliphatic rings. The number of anilines is 2. The molecule has 4 nitrogen and oxygen atoms in total. The Labute approximate surface area is 151 Å². The summed E-state index contributed by atoms with van der Waals surface area (Å²) in [4.78, 5) is 26.0. The summed E-state index contributed by atoms with van der Waals surface area (Å²) in [5.74, 6) is -0.568. The van der Waals surface area contributed by atoms with Crippen LogP contribution in [0.5, 0.6) is 0 Å². The Morgan fingerprint density at radius 1 is 1.09 bits per heavy atom. The molecule has 1 heterocycles. The monoisotopic (exact) mass is 412 g/mol. The van der Waals surface area contributed by atoms with Gasteiger partial charge in [-0.3, -0.25) is 9.59 Å². The van der Waals surface area contributed by atoms with Gasteiger partial charge < -0.3 is 5.32 Å². The molecule has 2 aromatic carbocycles. The van der Waals surface area contributed by atoms with Gasteiger partial charge in [0.05, 0.1) is 27.8 Å². The van der Waals surface area contributed by atoms with Crippen LogP contribution < -0.4 is 10.2 Å². The van der Waals surface area contributed by atoms with Gasteiger partial charge in [-0.2, -0.15) is 0 Å². The average Bonchev–Trinajstić information content (AvgIpc) is 2.79. The lowest BCUT2D eigenvalue weighted by Gasteiger charge is -2.17. The number of amides is 2. The second-order valence-electron chi connectivity index (χ2n) is 5.05. The number of benzene rings is 2. The van der Waals surface area contributed by atoms with Crippen LogP contribution in [0, 0.1) is 0 Å². The van der Waals surface area contributed by atoms with Gasteiger partial charge in [0.2, 0.25) is 5.91 Å². The van der Waals surface area contributed by atoms with Gasteiger partial charge in [0.25, 0.3) is 5.91 Å². The number of imide groups is 1. The maximum Gasteiger partial charge on any atom is 0.256 e. The quantitative estimate of drug-likeness (QED) is 0.753. The minimum absolute atomic E-state index is 0.0672. The van der Waals surface area contributed by atoms with Gasteiger partial charge >= 0.3 is 0 Å². The number of nitrogens with zero attached hydrogens (tertiary/aromatic N) is 1. The van der Waals surface area contributed by atoms with Crippen molar-refractivity contribution < 1.29 is 9.59 Å². The van der Waals surface area contributed by atoms with E-state index in [1.165, 1.54) is 4.90 Å². The molecule has 1 unspecified atom stereocenters. The maximum atomic E-state index is 12.6. The molecule has 7 heteroatoms. The van der Waals surface area contributed by atoms with Gasteiger partial charge in [-0.15, -0.1) is 0 Å². The zero-order valence-corrected chi connectivity index (χ0v) is 14.8. The van der Waals surface area contributed by atoms with E-state index >= 15 is 0 Å². The van der Waals surface area contributed by atoms with Crippen molar-refractivity contribution >= 4 is 62.3 Å². The highest BCUT2D eigenvalue weighted by Crippen LogP contribution is 2.32. The van der Waals surface area contributed by atoms with Crippen LogP contribution in [0.3, 0.4) is 0 Å². The van der Waals surface area contributed by atoms with E-state index in [1.807, 2.05) is 0 Å². The fourth-order valence-corrected chi connectivity index (χ4v) is 3.03. The summed E-state index contributed by atoms with van der Waals surface area (Å²) in [6, 6.07) is 11.4. The largest absolute Gasteiger partial charge is 0.372 e. The van der Waals surface area contributed by atoms with E-state index in [0.717, 1.165) is 4.47 Å². The Hall–Kier alpha value is -1.56. The molecule has 118 valence electrons. The number of nitrogens with one attached hydrogen (secondary N) is 1. The third kappa shape index (κ3) is 3.22. The molecule has 0 bridgehead atoms. The van der Waals surface area contributed by atoms with Crippen LogP contribution in [0.15, 0.2) is 46.9 Å². The fourth-order valence-electron chi connectivity index (χ4n) is 2.41. The molecule has 0 spiro atoms. The molecule has 0 radical (unpaired) electrons. The molecule has 1 fully saturated rings. The van der Waals surface area contributed by atoms with Crippen LogP contribution >= 0.6 is 39.1 Å². The molecule has 23 heavy (non-hydrogen) atoms. The first kappa shape index (κ1) is 16.3. The lowest BCUT2D eigenvalue weighted by atomic mass is 10.2. The lowest BCUT2D eigenvalue weighted by Crippen LogP contribution is -2.34. The molecule has 2 aromatic rings. The summed E-state index contributed by atoms with van der Waals surface area (Å²) in [5.41, 5.74) is 1.08. The van der Waals surface area contributed by atoms with Crippen LogP contribution in [-0.2, 0) is 9.59 Å². The summed E-state index contributed by atoms with van der Waals surface area (Å²) in [5, 5.41) is 3.72. The van der Waals surface area contributed by atoms with E-state index in [0.29, 0.717) is 21.4 Å². The Morgan fingerprint density at radius 3 is 2.48 bits per heavy atom. The van der Waals surface area contributed by atoms with Crippen molar-refractivity contribution in [1.82, 2.24) is 0 Å². The summed E-state index contributed by atoms with van der Waals surface area (Å²) in [6.45, 7) is 0. The maximum absolute atomic E-state index is 12.6. The van der Waals surface area contributed by atoms with Crippen LogP contribution in [0.4, 0.5) is 11.4 Å². The second-order valence-corrected chi connectivity index (χ2v) is 6.75. The van der Waals surface area contributed by atoms with Gasteiger partial charge in [0.1, 0.15) is 6.04 Å². The number of hydrogen-bond donors (Lipinski definition) is 1. The highest BCUT2D eigenvalue weighted by atomic mass is 79.9. The molecule has 1 N–H and O–H groups in total. The van der Waals surface area contributed by atoms with Crippen LogP contribution in [0.25, 0.3) is 0 Å². The molecule has 3 rings (SSSR count). The van der Waals surface area contributed by atoms with Crippen molar-refractivity contribution in [1.29, 1.82) is 0 Å². The van der Waals surface area contributed by atoms with E-state index < -0.39 is 6.04 Å². The number of carbonyl (C=O) groups is 2. The number of hydrogen-bond acceptors (Lipinski definition) is 3.